The molecule has 0 saturated carbocycles. The lowest BCUT2D eigenvalue weighted by molar-refractivity contribution is 0.234. The fraction of sp³-hybridized carbons (Fsp3) is 0.308. The van der Waals surface area contributed by atoms with Crippen molar-refractivity contribution in [1.29, 1.82) is 5.26 Å². The van der Waals surface area contributed by atoms with Crippen molar-refractivity contribution in [2.45, 2.75) is 19.4 Å². The first-order valence-electron chi connectivity index (χ1n) is 5.62. The molecule has 0 aliphatic rings. The average Bonchev–Trinajstić information content (AvgIpc) is 2.39. The average molecular weight is 242 g/mol. The van der Waals surface area contributed by atoms with Gasteiger partial charge in [-0.1, -0.05) is 18.2 Å². The molecule has 0 aliphatic heterocycles. The standard InChI is InChI=1S/C13H14N4O/c1-13(2,8-18)15-12-9-5-3-4-6-10(9)16-17-11(12)7-14/h3-6,18H,8H2,1-2H3,(H,15,16). The predicted molar refractivity (Wildman–Crippen MR) is 69.0 cm³/mol. The van der Waals surface area contributed by atoms with Gasteiger partial charge in [0.25, 0.3) is 0 Å². The molecule has 5 heteroatoms. The van der Waals surface area contributed by atoms with Gasteiger partial charge in [-0.25, -0.2) is 0 Å². The Hall–Kier alpha value is -2.19. The molecule has 18 heavy (non-hydrogen) atoms. The second kappa shape index (κ2) is 4.59. The maximum Gasteiger partial charge on any atom is 0.186 e. The van der Waals surface area contributed by atoms with Crippen LogP contribution in [0.25, 0.3) is 10.9 Å². The minimum atomic E-state index is -0.530. The molecule has 0 radical (unpaired) electrons. The van der Waals surface area contributed by atoms with Gasteiger partial charge in [0, 0.05) is 5.39 Å². The van der Waals surface area contributed by atoms with Gasteiger partial charge in [0.1, 0.15) is 6.07 Å². The first-order valence-corrected chi connectivity index (χ1v) is 5.62. The number of hydrogen-bond acceptors (Lipinski definition) is 5. The van der Waals surface area contributed by atoms with Gasteiger partial charge in [0.2, 0.25) is 0 Å². The minimum Gasteiger partial charge on any atom is -0.394 e. The highest BCUT2D eigenvalue weighted by atomic mass is 16.3. The second-order valence-electron chi connectivity index (χ2n) is 4.72. The molecule has 0 unspecified atom stereocenters. The van der Waals surface area contributed by atoms with Gasteiger partial charge in [0.05, 0.1) is 23.3 Å². The largest absolute Gasteiger partial charge is 0.394 e. The third kappa shape index (κ3) is 2.24. The smallest absolute Gasteiger partial charge is 0.186 e. The quantitative estimate of drug-likeness (QED) is 0.855. The molecule has 1 heterocycles. The highest BCUT2D eigenvalue weighted by Gasteiger charge is 2.20. The number of hydrogen-bond donors (Lipinski definition) is 2. The maximum atomic E-state index is 9.31. The Labute approximate surface area is 105 Å². The molecular formula is C13H14N4O. The summed E-state index contributed by atoms with van der Waals surface area (Å²) in [6.07, 6.45) is 0. The van der Waals surface area contributed by atoms with Crippen LogP contribution in [0, 0.1) is 11.3 Å². The number of anilines is 1. The van der Waals surface area contributed by atoms with Crippen LogP contribution in [-0.2, 0) is 0 Å². The highest BCUT2D eigenvalue weighted by molar-refractivity contribution is 5.93. The van der Waals surface area contributed by atoms with Crippen molar-refractivity contribution in [3.05, 3.63) is 30.0 Å². The molecule has 92 valence electrons. The number of nitriles is 1. The van der Waals surface area contributed by atoms with Gasteiger partial charge in [-0.2, -0.15) is 5.26 Å². The maximum absolute atomic E-state index is 9.31. The van der Waals surface area contributed by atoms with Crippen molar-refractivity contribution >= 4 is 16.6 Å². The Morgan fingerprint density at radius 1 is 1.33 bits per heavy atom. The van der Waals surface area contributed by atoms with Crippen LogP contribution in [0.4, 0.5) is 5.69 Å². The minimum absolute atomic E-state index is 0.0471. The molecule has 0 fully saturated rings. The van der Waals surface area contributed by atoms with Crippen molar-refractivity contribution in [2.75, 3.05) is 11.9 Å². The normalized spacial score (nSPS) is 11.2. The van der Waals surface area contributed by atoms with Crippen LogP contribution in [0.2, 0.25) is 0 Å². The molecule has 0 amide bonds. The number of aliphatic hydroxyl groups excluding tert-OH is 1. The summed E-state index contributed by atoms with van der Waals surface area (Å²) in [5.41, 5.74) is 1.03. The molecule has 2 aromatic rings. The summed E-state index contributed by atoms with van der Waals surface area (Å²) in [7, 11) is 0. The third-order valence-electron chi connectivity index (χ3n) is 2.63. The zero-order valence-electron chi connectivity index (χ0n) is 10.3. The molecule has 0 bridgehead atoms. The van der Waals surface area contributed by atoms with Crippen molar-refractivity contribution in [2.24, 2.45) is 0 Å². The summed E-state index contributed by atoms with van der Waals surface area (Å²) in [5.74, 6) is 0. The van der Waals surface area contributed by atoms with Crippen LogP contribution < -0.4 is 5.32 Å². The van der Waals surface area contributed by atoms with Gasteiger partial charge < -0.3 is 10.4 Å². The van der Waals surface area contributed by atoms with Crippen LogP contribution in [0.5, 0.6) is 0 Å². The molecule has 5 nitrogen and oxygen atoms in total. The number of fused-ring (bicyclic) bond motifs is 1. The van der Waals surface area contributed by atoms with Crippen LogP contribution in [0.3, 0.4) is 0 Å². The fourth-order valence-corrected chi connectivity index (χ4v) is 1.64. The van der Waals surface area contributed by atoms with Gasteiger partial charge >= 0.3 is 0 Å². The van der Waals surface area contributed by atoms with Gasteiger partial charge in [-0.3, -0.25) is 0 Å². The van der Waals surface area contributed by atoms with Crippen LogP contribution in [0.15, 0.2) is 24.3 Å². The zero-order chi connectivity index (χ0) is 13.2. The predicted octanol–water partition coefficient (Wildman–Crippen LogP) is 1.68. The first kappa shape index (κ1) is 12.3. The molecule has 0 saturated heterocycles. The van der Waals surface area contributed by atoms with Crippen molar-refractivity contribution < 1.29 is 5.11 Å². The lowest BCUT2D eigenvalue weighted by Gasteiger charge is -2.25. The molecule has 2 N–H and O–H groups in total. The fourth-order valence-electron chi connectivity index (χ4n) is 1.64. The summed E-state index contributed by atoms with van der Waals surface area (Å²) >= 11 is 0. The van der Waals surface area contributed by atoms with Crippen molar-refractivity contribution in [1.82, 2.24) is 10.2 Å². The molecule has 0 aliphatic carbocycles. The molecule has 1 aromatic heterocycles. The van der Waals surface area contributed by atoms with E-state index in [1.54, 1.807) is 0 Å². The van der Waals surface area contributed by atoms with Crippen molar-refractivity contribution in [3.8, 4) is 6.07 Å². The lowest BCUT2D eigenvalue weighted by Crippen LogP contribution is -2.35. The van der Waals surface area contributed by atoms with E-state index in [4.69, 9.17) is 5.26 Å². The molecule has 2 rings (SSSR count). The topological polar surface area (TPSA) is 81.8 Å². The number of nitrogens with one attached hydrogen (secondary N) is 1. The summed E-state index contributed by atoms with van der Waals surface area (Å²) < 4.78 is 0. The summed E-state index contributed by atoms with van der Waals surface area (Å²) in [4.78, 5) is 0. The van der Waals surface area contributed by atoms with Gasteiger partial charge in [-0.05, 0) is 19.9 Å². The lowest BCUT2D eigenvalue weighted by atomic mass is 10.0. The van der Waals surface area contributed by atoms with E-state index in [2.05, 4.69) is 15.5 Å². The van der Waals surface area contributed by atoms with Crippen LogP contribution >= 0.6 is 0 Å². The summed E-state index contributed by atoms with van der Waals surface area (Å²) in [6.45, 7) is 3.65. The zero-order valence-corrected chi connectivity index (χ0v) is 10.3. The van der Waals surface area contributed by atoms with E-state index in [9.17, 15) is 5.11 Å². The van der Waals surface area contributed by atoms with Crippen molar-refractivity contribution in [3.63, 3.8) is 0 Å². The van der Waals surface area contributed by atoms with Crippen LogP contribution in [-0.4, -0.2) is 27.4 Å². The van der Waals surface area contributed by atoms with Crippen LogP contribution in [0.1, 0.15) is 19.5 Å². The molecule has 0 spiro atoms. The van der Waals surface area contributed by atoms with E-state index >= 15 is 0 Å². The Morgan fingerprint density at radius 3 is 2.72 bits per heavy atom. The van der Waals surface area contributed by atoms with E-state index in [0.29, 0.717) is 11.2 Å². The van der Waals surface area contributed by atoms with E-state index in [-0.39, 0.29) is 12.3 Å². The number of benzene rings is 1. The Balaban J connectivity index is 2.63. The molecule has 0 atom stereocenters. The second-order valence-corrected chi connectivity index (χ2v) is 4.72. The number of rotatable bonds is 3. The SMILES string of the molecule is CC(C)(CO)Nc1c(C#N)nnc2ccccc12. The third-order valence-corrected chi connectivity index (χ3v) is 2.63. The Bertz CT molecular complexity index is 616. The van der Waals surface area contributed by atoms with E-state index in [0.717, 1.165) is 5.39 Å². The summed E-state index contributed by atoms with van der Waals surface area (Å²) in [6, 6.07) is 9.47. The number of nitrogens with zero attached hydrogens (tertiary/aromatic N) is 3. The van der Waals surface area contributed by atoms with E-state index in [1.807, 2.05) is 44.2 Å². The highest BCUT2D eigenvalue weighted by Crippen LogP contribution is 2.26. The van der Waals surface area contributed by atoms with E-state index < -0.39 is 5.54 Å². The van der Waals surface area contributed by atoms with Gasteiger partial charge in [-0.15, -0.1) is 10.2 Å². The molecular weight excluding hydrogens is 228 g/mol. The number of aliphatic hydroxyl groups is 1. The summed E-state index contributed by atoms with van der Waals surface area (Å²) in [5, 5.41) is 30.3. The molecule has 1 aromatic carbocycles. The first-order chi connectivity index (χ1) is 8.57. The Morgan fingerprint density at radius 2 is 2.06 bits per heavy atom. The van der Waals surface area contributed by atoms with Gasteiger partial charge in [0.15, 0.2) is 5.69 Å². The number of aromatic nitrogens is 2. The Kier molecular flexibility index (Phi) is 3.13. The monoisotopic (exact) mass is 242 g/mol. The van der Waals surface area contributed by atoms with E-state index in [1.165, 1.54) is 0 Å².